The lowest BCUT2D eigenvalue weighted by Crippen LogP contribution is -2.22. The SMILES string of the molecule is CCC(C#N)(CC)c1ccc(-c2ccccc2)nc1. The topological polar surface area (TPSA) is 36.7 Å². The number of nitriles is 1. The first kappa shape index (κ1) is 13.3. The Labute approximate surface area is 114 Å². The molecule has 2 aromatic rings. The number of hydrogen-bond donors (Lipinski definition) is 0. The van der Waals surface area contributed by atoms with Gasteiger partial charge < -0.3 is 0 Å². The molecule has 2 nitrogen and oxygen atoms in total. The molecule has 0 N–H and O–H groups in total. The number of aromatic nitrogens is 1. The van der Waals surface area contributed by atoms with Crippen molar-refractivity contribution in [1.82, 2.24) is 4.98 Å². The fourth-order valence-corrected chi connectivity index (χ4v) is 2.34. The molecule has 2 rings (SSSR count). The van der Waals surface area contributed by atoms with Crippen molar-refractivity contribution in [2.45, 2.75) is 32.1 Å². The van der Waals surface area contributed by atoms with E-state index in [0.29, 0.717) is 0 Å². The molecule has 0 atom stereocenters. The van der Waals surface area contributed by atoms with Gasteiger partial charge in [-0.25, -0.2) is 0 Å². The van der Waals surface area contributed by atoms with Crippen molar-refractivity contribution in [2.75, 3.05) is 0 Å². The maximum absolute atomic E-state index is 9.44. The normalized spacial score (nSPS) is 11.0. The van der Waals surface area contributed by atoms with Crippen LogP contribution in [0.2, 0.25) is 0 Å². The van der Waals surface area contributed by atoms with Crippen molar-refractivity contribution >= 4 is 0 Å². The molecule has 0 saturated heterocycles. The van der Waals surface area contributed by atoms with Gasteiger partial charge in [0.1, 0.15) is 0 Å². The zero-order valence-electron chi connectivity index (χ0n) is 11.4. The summed E-state index contributed by atoms with van der Waals surface area (Å²) in [5.41, 5.74) is 2.66. The summed E-state index contributed by atoms with van der Waals surface area (Å²) in [6.07, 6.45) is 3.47. The Kier molecular flexibility index (Phi) is 3.97. The summed E-state index contributed by atoms with van der Waals surface area (Å²) in [6.45, 7) is 4.11. The monoisotopic (exact) mass is 250 g/mol. The molecular weight excluding hydrogens is 232 g/mol. The maximum Gasteiger partial charge on any atom is 0.0832 e. The van der Waals surface area contributed by atoms with Crippen LogP contribution in [0, 0.1) is 11.3 Å². The lowest BCUT2D eigenvalue weighted by atomic mass is 9.78. The average Bonchev–Trinajstić information content (AvgIpc) is 2.51. The summed E-state index contributed by atoms with van der Waals surface area (Å²) >= 11 is 0. The molecule has 0 radical (unpaired) electrons. The van der Waals surface area contributed by atoms with Crippen molar-refractivity contribution in [2.24, 2.45) is 0 Å². The van der Waals surface area contributed by atoms with Gasteiger partial charge in [-0.1, -0.05) is 50.2 Å². The lowest BCUT2D eigenvalue weighted by molar-refractivity contribution is 0.509. The predicted molar refractivity (Wildman–Crippen MR) is 77.5 cm³/mol. The fraction of sp³-hybridized carbons (Fsp3) is 0.294. The Hall–Kier alpha value is -2.14. The number of benzene rings is 1. The van der Waals surface area contributed by atoms with E-state index in [1.165, 1.54) is 0 Å². The van der Waals surface area contributed by atoms with Gasteiger partial charge in [-0.05, 0) is 24.5 Å². The summed E-state index contributed by atoms with van der Waals surface area (Å²) in [6, 6.07) is 16.6. The van der Waals surface area contributed by atoms with E-state index >= 15 is 0 Å². The highest BCUT2D eigenvalue weighted by Crippen LogP contribution is 2.31. The van der Waals surface area contributed by atoms with Crippen LogP contribution in [-0.2, 0) is 5.41 Å². The molecule has 19 heavy (non-hydrogen) atoms. The first-order valence-corrected chi connectivity index (χ1v) is 6.69. The van der Waals surface area contributed by atoms with E-state index in [2.05, 4.69) is 24.9 Å². The van der Waals surface area contributed by atoms with Crippen LogP contribution in [0.3, 0.4) is 0 Å². The van der Waals surface area contributed by atoms with Gasteiger partial charge in [0.15, 0.2) is 0 Å². The molecule has 0 unspecified atom stereocenters. The van der Waals surface area contributed by atoms with Crippen LogP contribution in [0.15, 0.2) is 48.7 Å². The molecule has 1 aromatic carbocycles. The number of hydrogen-bond acceptors (Lipinski definition) is 2. The minimum Gasteiger partial charge on any atom is -0.256 e. The summed E-state index contributed by atoms with van der Waals surface area (Å²) in [5.74, 6) is 0. The minimum atomic E-state index is -0.401. The molecule has 2 heteroatoms. The third-order valence-corrected chi connectivity index (χ3v) is 3.81. The Bertz CT molecular complexity index is 560. The van der Waals surface area contributed by atoms with Crippen LogP contribution in [-0.4, -0.2) is 4.98 Å². The highest BCUT2D eigenvalue weighted by atomic mass is 14.7. The second-order valence-electron chi connectivity index (χ2n) is 4.70. The molecule has 0 aliphatic rings. The van der Waals surface area contributed by atoms with E-state index in [-0.39, 0.29) is 0 Å². The van der Waals surface area contributed by atoms with Crippen LogP contribution in [0.1, 0.15) is 32.3 Å². The van der Waals surface area contributed by atoms with E-state index in [1.54, 1.807) is 0 Å². The standard InChI is InChI=1S/C17H18N2/c1-3-17(4-2,13-18)15-10-11-16(19-12-15)14-8-6-5-7-9-14/h5-12H,3-4H2,1-2H3. The highest BCUT2D eigenvalue weighted by Gasteiger charge is 2.28. The van der Waals surface area contributed by atoms with E-state index in [1.807, 2.05) is 48.7 Å². The van der Waals surface area contributed by atoms with Gasteiger partial charge in [-0.15, -0.1) is 0 Å². The molecule has 0 bridgehead atoms. The number of nitrogens with zero attached hydrogens (tertiary/aromatic N) is 2. The van der Waals surface area contributed by atoms with Crippen molar-refractivity contribution < 1.29 is 0 Å². The largest absolute Gasteiger partial charge is 0.256 e. The first-order chi connectivity index (χ1) is 9.25. The molecule has 0 aliphatic heterocycles. The zero-order chi connectivity index (χ0) is 13.7. The van der Waals surface area contributed by atoms with Gasteiger partial charge in [-0.3, -0.25) is 4.98 Å². The van der Waals surface area contributed by atoms with E-state index in [4.69, 9.17) is 0 Å². The summed E-state index contributed by atoms with van der Waals surface area (Å²) in [7, 11) is 0. The second kappa shape index (κ2) is 5.67. The Morgan fingerprint density at radius 2 is 1.74 bits per heavy atom. The smallest absolute Gasteiger partial charge is 0.0832 e. The highest BCUT2D eigenvalue weighted by molar-refractivity contribution is 5.59. The third kappa shape index (κ3) is 2.51. The van der Waals surface area contributed by atoms with Crippen LogP contribution in [0.5, 0.6) is 0 Å². The Morgan fingerprint density at radius 3 is 2.21 bits per heavy atom. The average molecular weight is 250 g/mol. The molecule has 0 aliphatic carbocycles. The van der Waals surface area contributed by atoms with E-state index in [0.717, 1.165) is 29.7 Å². The minimum absolute atomic E-state index is 0.401. The molecule has 1 aromatic heterocycles. The van der Waals surface area contributed by atoms with Crippen molar-refractivity contribution in [1.29, 1.82) is 5.26 Å². The summed E-state index contributed by atoms with van der Waals surface area (Å²) in [4.78, 5) is 4.51. The second-order valence-corrected chi connectivity index (χ2v) is 4.70. The van der Waals surface area contributed by atoms with Gasteiger partial charge in [0.05, 0.1) is 17.2 Å². The number of rotatable bonds is 4. The van der Waals surface area contributed by atoms with Crippen LogP contribution in [0.4, 0.5) is 0 Å². The molecule has 96 valence electrons. The van der Waals surface area contributed by atoms with Crippen LogP contribution in [0.25, 0.3) is 11.3 Å². The molecule has 1 heterocycles. The van der Waals surface area contributed by atoms with Crippen molar-refractivity contribution in [3.05, 3.63) is 54.2 Å². The third-order valence-electron chi connectivity index (χ3n) is 3.81. The fourth-order valence-electron chi connectivity index (χ4n) is 2.34. The van der Waals surface area contributed by atoms with Gasteiger partial charge in [-0.2, -0.15) is 5.26 Å². The Balaban J connectivity index is 2.36. The van der Waals surface area contributed by atoms with Crippen molar-refractivity contribution in [3.63, 3.8) is 0 Å². The first-order valence-electron chi connectivity index (χ1n) is 6.69. The van der Waals surface area contributed by atoms with Gasteiger partial charge in [0.25, 0.3) is 0 Å². The van der Waals surface area contributed by atoms with Gasteiger partial charge in [0.2, 0.25) is 0 Å². The molecular formula is C17H18N2. The molecule has 0 saturated carbocycles. The van der Waals surface area contributed by atoms with Crippen LogP contribution < -0.4 is 0 Å². The summed E-state index contributed by atoms with van der Waals surface area (Å²) < 4.78 is 0. The van der Waals surface area contributed by atoms with Crippen molar-refractivity contribution in [3.8, 4) is 17.3 Å². The predicted octanol–water partition coefficient (Wildman–Crippen LogP) is 4.33. The quantitative estimate of drug-likeness (QED) is 0.809. The summed E-state index contributed by atoms with van der Waals surface area (Å²) in [5, 5.41) is 9.44. The van der Waals surface area contributed by atoms with E-state index < -0.39 is 5.41 Å². The number of pyridine rings is 1. The molecule has 0 amide bonds. The lowest BCUT2D eigenvalue weighted by Gasteiger charge is -2.23. The molecule has 0 spiro atoms. The maximum atomic E-state index is 9.44. The van der Waals surface area contributed by atoms with Crippen LogP contribution >= 0.6 is 0 Å². The van der Waals surface area contributed by atoms with Gasteiger partial charge in [0, 0.05) is 11.8 Å². The Morgan fingerprint density at radius 1 is 1.05 bits per heavy atom. The molecule has 0 fully saturated rings. The zero-order valence-corrected chi connectivity index (χ0v) is 11.4. The van der Waals surface area contributed by atoms with Gasteiger partial charge >= 0.3 is 0 Å². The van der Waals surface area contributed by atoms with E-state index in [9.17, 15) is 5.26 Å².